The summed E-state index contributed by atoms with van der Waals surface area (Å²) < 4.78 is 90.2. The van der Waals surface area contributed by atoms with Gasteiger partial charge in [-0.3, -0.25) is 13.7 Å². The summed E-state index contributed by atoms with van der Waals surface area (Å²) in [6.07, 6.45) is -8.42. The first kappa shape index (κ1) is 29.6. The average Bonchev–Trinajstić information content (AvgIpc) is 3.73. The first-order valence-electron chi connectivity index (χ1n) is 12.8. The Bertz CT molecular complexity index is 1900. The molecule has 4 aromatic rings. The van der Waals surface area contributed by atoms with Crippen molar-refractivity contribution in [1.82, 2.24) is 38.8 Å². The van der Waals surface area contributed by atoms with Crippen LogP contribution in [0.15, 0.2) is 31.2 Å². The van der Waals surface area contributed by atoms with Gasteiger partial charge in [0.25, 0.3) is 0 Å². The molecule has 6 N–H and O–H groups in total. The second-order valence-corrected chi connectivity index (χ2v) is 14.2. The van der Waals surface area contributed by atoms with Crippen molar-refractivity contribution in [3.63, 3.8) is 0 Å². The zero-order valence-electron chi connectivity index (χ0n) is 22.0. The van der Waals surface area contributed by atoms with Gasteiger partial charge in [-0.2, -0.15) is 13.1 Å². The van der Waals surface area contributed by atoms with Crippen LogP contribution < -0.4 is 16.2 Å². The van der Waals surface area contributed by atoms with Crippen LogP contribution in [0.1, 0.15) is 12.5 Å². The molecule has 0 saturated carbocycles. The van der Waals surface area contributed by atoms with E-state index in [0.717, 1.165) is 6.33 Å². The molecule has 9 unspecified atom stereocenters. The van der Waals surface area contributed by atoms with Gasteiger partial charge in [0.2, 0.25) is 0 Å². The summed E-state index contributed by atoms with van der Waals surface area (Å²) in [4.78, 5) is 31.2. The molecule has 3 aliphatic heterocycles. The highest BCUT2D eigenvalue weighted by atomic mass is 32.5. The Balaban J connectivity index is 1.20. The van der Waals surface area contributed by atoms with Gasteiger partial charge in [0.1, 0.15) is 35.7 Å². The van der Waals surface area contributed by atoms with E-state index in [9.17, 15) is 13.3 Å². The van der Waals surface area contributed by atoms with E-state index in [1.54, 1.807) is 0 Å². The van der Waals surface area contributed by atoms with E-state index < -0.39 is 79.4 Å². The zero-order chi connectivity index (χ0) is 31.0. The molecule has 7 rings (SSSR count). The molecule has 2 bridgehead atoms. The van der Waals surface area contributed by atoms with Crippen LogP contribution in [0.2, 0.25) is 0 Å². The lowest BCUT2D eigenvalue weighted by molar-refractivity contribution is -0.0472. The second-order valence-electron chi connectivity index (χ2n) is 10.0. The number of nitrogens with zero attached hydrogens (tertiary/aromatic N) is 7. The Morgan fingerprint density at radius 2 is 1.68 bits per heavy atom. The molecule has 23 heteroatoms. The molecule has 0 aliphatic carbocycles. The minimum Gasteiger partial charge on any atom is -0.397 e. The van der Waals surface area contributed by atoms with Crippen LogP contribution >= 0.6 is 6.72 Å². The molecule has 0 radical (unpaired) electrons. The molecule has 3 fully saturated rings. The molecule has 0 amide bonds. The van der Waals surface area contributed by atoms with Crippen molar-refractivity contribution in [3.05, 3.63) is 31.2 Å². The fourth-order valence-corrected chi connectivity index (χ4v) is 7.64. The number of hydrogen-bond donors (Lipinski definition) is 4. The normalized spacial score (nSPS) is 36.1. The van der Waals surface area contributed by atoms with E-state index in [4.69, 9.17) is 46.0 Å². The molecule has 3 aliphatic rings. The van der Waals surface area contributed by atoms with Gasteiger partial charge >= 0.3 is 17.0 Å². The fraction of sp³-hybridized carbons (Fsp3) is 0.476. The molecule has 0 aromatic carbocycles. The topological polar surface area (TPSA) is 239 Å². The molecule has 18 nitrogen and oxygen atoms in total. The summed E-state index contributed by atoms with van der Waals surface area (Å²) in [5, 5.41) is 0. The van der Waals surface area contributed by atoms with Gasteiger partial charge in [0, 0.05) is 12.7 Å². The van der Waals surface area contributed by atoms with Crippen LogP contribution in [0, 0.1) is 0 Å². The van der Waals surface area contributed by atoms with E-state index in [1.807, 2.05) is 0 Å². The number of aromatic nitrogens is 7. The number of pyridine rings is 1. The maximum atomic E-state index is 16.0. The standard InChI is InChI=1S/C21H23F2N10O8PS2/c22-11-10-4-37-42(34,43)40-15-9(38-20(12(15)23)32-7-30-14-17(25)27-5-28-19(14)32)3-31-44(35,36)41-16(11)21(39-10)33-6-29-13-8(24)1-2-26-18(13)33/h1-2,5-7,9-12,15-16,20-21,31H,3-4H2,(H2,24,26)(H,34,43)(H2,25,27,28). The number of hydrogen-bond acceptors (Lipinski definition) is 15. The van der Waals surface area contributed by atoms with Gasteiger partial charge in [-0.05, 0) is 17.9 Å². The Kier molecular flexibility index (Phi) is 7.27. The van der Waals surface area contributed by atoms with E-state index >= 15 is 8.78 Å². The number of nitrogens with one attached hydrogen (secondary N) is 1. The first-order valence-corrected chi connectivity index (χ1v) is 16.8. The predicted molar refractivity (Wildman–Crippen MR) is 148 cm³/mol. The number of alkyl halides is 2. The molecule has 236 valence electrons. The summed E-state index contributed by atoms with van der Waals surface area (Å²) in [5.41, 5.74) is 12.8. The lowest BCUT2D eigenvalue weighted by Crippen LogP contribution is -2.43. The Morgan fingerprint density at radius 1 is 0.977 bits per heavy atom. The number of fused-ring (bicyclic) bond motifs is 5. The van der Waals surface area contributed by atoms with Gasteiger partial charge < -0.3 is 30.4 Å². The lowest BCUT2D eigenvalue weighted by Gasteiger charge is -2.26. The lowest BCUT2D eigenvalue weighted by atomic mass is 10.1. The summed E-state index contributed by atoms with van der Waals surface area (Å²) in [6.45, 7) is -5.66. The number of nitrogens with two attached hydrogens (primary N) is 2. The molecule has 9 atom stereocenters. The SMILES string of the molecule is Nc1ncnc2c1ncn2C1OC2CNS(=O)(=O)OC3C(F)C(COP(O)(=S)OC2C1F)OC3n1cnc2c(N)ccnc21. The molecule has 44 heavy (non-hydrogen) atoms. The zero-order valence-corrected chi connectivity index (χ0v) is 24.6. The van der Waals surface area contributed by atoms with Crippen molar-refractivity contribution in [2.75, 3.05) is 24.6 Å². The predicted octanol–water partition coefficient (Wildman–Crippen LogP) is -0.242. The largest absolute Gasteiger partial charge is 0.397 e. The van der Waals surface area contributed by atoms with Crippen molar-refractivity contribution in [3.8, 4) is 0 Å². The van der Waals surface area contributed by atoms with E-state index in [0.29, 0.717) is 0 Å². The molecular formula is C21H23F2N10O8PS2. The van der Waals surface area contributed by atoms with Crippen LogP contribution in [0.25, 0.3) is 22.3 Å². The van der Waals surface area contributed by atoms with Crippen LogP contribution in [0.3, 0.4) is 0 Å². The van der Waals surface area contributed by atoms with Crippen LogP contribution in [0.4, 0.5) is 20.3 Å². The van der Waals surface area contributed by atoms with Crippen molar-refractivity contribution in [2.45, 2.75) is 49.2 Å². The Labute approximate surface area is 251 Å². The van der Waals surface area contributed by atoms with Crippen molar-refractivity contribution >= 4 is 62.7 Å². The highest BCUT2D eigenvalue weighted by molar-refractivity contribution is 8.07. The first-order chi connectivity index (χ1) is 20.9. The van der Waals surface area contributed by atoms with E-state index in [2.05, 4.69) is 29.6 Å². The van der Waals surface area contributed by atoms with Crippen LogP contribution in [0.5, 0.6) is 0 Å². The summed E-state index contributed by atoms with van der Waals surface area (Å²) >= 11 is 5.11. The summed E-state index contributed by atoms with van der Waals surface area (Å²) in [6, 6.07) is 1.50. The molecule has 4 aromatic heterocycles. The van der Waals surface area contributed by atoms with Crippen molar-refractivity contribution in [1.29, 1.82) is 0 Å². The minimum absolute atomic E-state index is 0.0365. The number of halogens is 2. The summed E-state index contributed by atoms with van der Waals surface area (Å²) in [7, 11) is -4.75. The number of rotatable bonds is 2. The number of imidazole rings is 2. The van der Waals surface area contributed by atoms with Gasteiger partial charge in [0.15, 0.2) is 48.0 Å². The number of nitrogen functional groups attached to an aromatic ring is 2. The maximum Gasteiger partial charge on any atom is 0.336 e. The van der Waals surface area contributed by atoms with Gasteiger partial charge in [-0.1, -0.05) is 0 Å². The van der Waals surface area contributed by atoms with E-state index in [1.165, 1.54) is 34.1 Å². The molecule has 7 heterocycles. The minimum atomic E-state index is -4.75. The third kappa shape index (κ3) is 5.09. The van der Waals surface area contributed by atoms with Gasteiger partial charge in [0.05, 0.1) is 24.9 Å². The highest BCUT2D eigenvalue weighted by Crippen LogP contribution is 2.51. The van der Waals surface area contributed by atoms with E-state index in [-0.39, 0.29) is 33.8 Å². The van der Waals surface area contributed by atoms with Crippen molar-refractivity contribution < 1.29 is 44.8 Å². The Morgan fingerprint density at radius 3 is 2.48 bits per heavy atom. The smallest absolute Gasteiger partial charge is 0.336 e. The van der Waals surface area contributed by atoms with Crippen LogP contribution in [-0.4, -0.2) is 97.3 Å². The maximum absolute atomic E-state index is 16.0. The Hall–Kier alpha value is -3.05. The monoisotopic (exact) mass is 676 g/mol. The van der Waals surface area contributed by atoms with Gasteiger partial charge in [-0.25, -0.2) is 37.9 Å². The molecular weight excluding hydrogens is 653 g/mol. The number of anilines is 2. The van der Waals surface area contributed by atoms with Crippen LogP contribution in [-0.2, 0) is 44.8 Å². The van der Waals surface area contributed by atoms with Gasteiger partial charge in [-0.15, -0.1) is 0 Å². The molecule has 3 saturated heterocycles. The third-order valence-corrected chi connectivity index (χ3v) is 9.87. The highest BCUT2D eigenvalue weighted by Gasteiger charge is 2.53. The molecule has 0 spiro atoms. The average molecular weight is 677 g/mol. The fourth-order valence-electron chi connectivity index (χ4n) is 5.28. The third-order valence-electron chi connectivity index (χ3n) is 7.31. The summed E-state index contributed by atoms with van der Waals surface area (Å²) in [5.74, 6) is 0.0365. The second kappa shape index (κ2) is 10.8. The number of ether oxygens (including phenoxy) is 2. The van der Waals surface area contributed by atoms with Crippen molar-refractivity contribution in [2.24, 2.45) is 0 Å². The quantitative estimate of drug-likeness (QED) is 0.200.